The number of hydrogen-bond donors (Lipinski definition) is 1. The van der Waals surface area contributed by atoms with Crippen molar-refractivity contribution < 1.29 is 9.53 Å². The van der Waals surface area contributed by atoms with Crippen LogP contribution >= 0.6 is 15.9 Å². The molecule has 0 amide bonds. The lowest BCUT2D eigenvalue weighted by atomic mass is 10.0. The number of nitriles is 1. The highest BCUT2D eigenvalue weighted by atomic mass is 79.9. The number of carbonyl (C=O) groups is 1. The molecule has 0 fully saturated rings. The van der Waals surface area contributed by atoms with E-state index in [-0.39, 0.29) is 27.9 Å². The van der Waals surface area contributed by atoms with Gasteiger partial charge in [0, 0.05) is 11.6 Å². The largest absolute Gasteiger partial charge is 0.497 e. The monoisotopic (exact) mass is 268 g/mol. The molecule has 1 aromatic carbocycles. The smallest absolute Gasteiger partial charge is 0.174 e. The number of benzene rings is 1. The van der Waals surface area contributed by atoms with Gasteiger partial charge in [0.15, 0.2) is 5.78 Å². The van der Waals surface area contributed by atoms with Gasteiger partial charge in [-0.2, -0.15) is 5.26 Å². The van der Waals surface area contributed by atoms with E-state index in [2.05, 4.69) is 15.9 Å². The van der Waals surface area contributed by atoms with E-state index in [9.17, 15) is 4.79 Å². The van der Waals surface area contributed by atoms with Crippen LogP contribution in [0.4, 0.5) is 5.69 Å². The molecule has 0 spiro atoms. The zero-order chi connectivity index (χ0) is 11.4. The summed E-state index contributed by atoms with van der Waals surface area (Å²) in [6.07, 6.45) is 0. The first-order chi connectivity index (χ1) is 7.13. The Labute approximate surface area is 95.8 Å². The number of ketones is 1. The van der Waals surface area contributed by atoms with Gasteiger partial charge in [-0.1, -0.05) is 15.9 Å². The van der Waals surface area contributed by atoms with E-state index >= 15 is 0 Å². The second kappa shape index (κ2) is 4.80. The van der Waals surface area contributed by atoms with E-state index in [4.69, 9.17) is 15.7 Å². The highest BCUT2D eigenvalue weighted by Gasteiger charge is 2.14. The first kappa shape index (κ1) is 11.5. The third-order valence-electron chi connectivity index (χ3n) is 1.91. The maximum Gasteiger partial charge on any atom is 0.174 e. The van der Waals surface area contributed by atoms with Crippen molar-refractivity contribution in [3.05, 3.63) is 23.3 Å². The van der Waals surface area contributed by atoms with Gasteiger partial charge in [0.05, 0.1) is 23.7 Å². The van der Waals surface area contributed by atoms with E-state index in [1.165, 1.54) is 19.2 Å². The Morgan fingerprint density at radius 2 is 2.33 bits per heavy atom. The summed E-state index contributed by atoms with van der Waals surface area (Å²) in [6, 6.07) is 4.94. The van der Waals surface area contributed by atoms with Crippen LogP contribution in [0.5, 0.6) is 5.75 Å². The molecule has 0 aliphatic carbocycles. The third-order valence-corrected chi connectivity index (χ3v) is 2.42. The fraction of sp³-hybridized carbons (Fsp3) is 0.200. The van der Waals surface area contributed by atoms with E-state index in [0.29, 0.717) is 5.75 Å². The third kappa shape index (κ3) is 2.28. The first-order valence-corrected chi connectivity index (χ1v) is 5.23. The van der Waals surface area contributed by atoms with E-state index < -0.39 is 0 Å². The van der Waals surface area contributed by atoms with Crippen molar-refractivity contribution in [2.75, 3.05) is 18.2 Å². The molecule has 2 N–H and O–H groups in total. The van der Waals surface area contributed by atoms with Gasteiger partial charge in [0.1, 0.15) is 11.8 Å². The molecule has 5 heteroatoms. The van der Waals surface area contributed by atoms with Crippen LogP contribution in [0.2, 0.25) is 0 Å². The number of ether oxygens (including phenoxy) is 1. The van der Waals surface area contributed by atoms with Crippen LogP contribution < -0.4 is 10.5 Å². The average molecular weight is 269 g/mol. The van der Waals surface area contributed by atoms with Crippen LogP contribution in [0.15, 0.2) is 12.1 Å². The molecule has 4 nitrogen and oxygen atoms in total. The van der Waals surface area contributed by atoms with Crippen molar-refractivity contribution in [2.45, 2.75) is 0 Å². The second-order valence-electron chi connectivity index (χ2n) is 2.81. The first-order valence-electron chi connectivity index (χ1n) is 4.10. The molecule has 0 saturated heterocycles. The molecular weight excluding hydrogens is 260 g/mol. The zero-order valence-corrected chi connectivity index (χ0v) is 9.67. The number of anilines is 1. The fourth-order valence-electron chi connectivity index (χ4n) is 1.17. The van der Waals surface area contributed by atoms with Gasteiger partial charge in [-0.25, -0.2) is 0 Å². The van der Waals surface area contributed by atoms with Gasteiger partial charge in [-0.05, 0) is 6.07 Å². The van der Waals surface area contributed by atoms with Crippen molar-refractivity contribution in [1.82, 2.24) is 0 Å². The highest BCUT2D eigenvalue weighted by molar-refractivity contribution is 9.09. The van der Waals surface area contributed by atoms with Crippen LogP contribution in [-0.4, -0.2) is 18.2 Å². The molecule has 1 rings (SSSR count). The Morgan fingerprint density at radius 1 is 1.67 bits per heavy atom. The summed E-state index contributed by atoms with van der Waals surface area (Å²) in [5, 5.41) is 9.02. The van der Waals surface area contributed by atoms with Crippen molar-refractivity contribution in [2.24, 2.45) is 0 Å². The van der Waals surface area contributed by atoms with Gasteiger partial charge < -0.3 is 10.5 Å². The molecule has 0 unspecified atom stereocenters. The summed E-state index contributed by atoms with van der Waals surface area (Å²) in [5.74, 6) is 0.271. The van der Waals surface area contributed by atoms with Crippen LogP contribution in [0.1, 0.15) is 15.9 Å². The second-order valence-corrected chi connectivity index (χ2v) is 3.37. The quantitative estimate of drug-likeness (QED) is 0.515. The summed E-state index contributed by atoms with van der Waals surface area (Å²) in [4.78, 5) is 11.5. The average Bonchev–Trinajstić information content (AvgIpc) is 2.26. The van der Waals surface area contributed by atoms with E-state index in [0.717, 1.165) is 0 Å². The predicted octanol–water partition coefficient (Wildman–Crippen LogP) is 1.73. The maximum atomic E-state index is 11.5. The summed E-state index contributed by atoms with van der Waals surface area (Å²) in [7, 11) is 1.48. The number of hydrogen-bond acceptors (Lipinski definition) is 4. The molecule has 78 valence electrons. The summed E-state index contributed by atoms with van der Waals surface area (Å²) in [5.41, 5.74) is 6.36. The van der Waals surface area contributed by atoms with Gasteiger partial charge in [0.2, 0.25) is 0 Å². The minimum Gasteiger partial charge on any atom is -0.497 e. The number of methoxy groups -OCH3 is 1. The molecule has 0 aliphatic rings. The number of alkyl halides is 1. The molecule has 1 aromatic rings. The fourth-order valence-corrected chi connectivity index (χ4v) is 1.47. The molecule has 0 aliphatic heterocycles. The maximum absolute atomic E-state index is 11.5. The summed E-state index contributed by atoms with van der Waals surface area (Å²) < 4.78 is 4.97. The normalized spacial score (nSPS) is 9.40. The lowest BCUT2D eigenvalue weighted by Crippen LogP contribution is -2.06. The van der Waals surface area contributed by atoms with Gasteiger partial charge in [-0.3, -0.25) is 4.79 Å². The van der Waals surface area contributed by atoms with Gasteiger partial charge in [0.25, 0.3) is 0 Å². The van der Waals surface area contributed by atoms with E-state index in [1.807, 2.05) is 6.07 Å². The van der Waals surface area contributed by atoms with Crippen LogP contribution in [0, 0.1) is 11.3 Å². The highest BCUT2D eigenvalue weighted by Crippen LogP contribution is 2.24. The number of nitrogens with zero attached hydrogens (tertiary/aromatic N) is 1. The SMILES string of the molecule is COc1cc(N)c(C#N)c(C(=O)CBr)c1. The number of halogens is 1. The molecule has 0 atom stereocenters. The lowest BCUT2D eigenvalue weighted by Gasteiger charge is -2.07. The van der Waals surface area contributed by atoms with E-state index in [1.54, 1.807) is 0 Å². The number of nitrogens with two attached hydrogens (primary N) is 1. The van der Waals surface area contributed by atoms with Crippen LogP contribution in [0.3, 0.4) is 0 Å². The Hall–Kier alpha value is -1.54. The Balaban J connectivity index is 3.40. The number of rotatable bonds is 3. The standard InChI is InChI=1S/C10H9BrN2O2/c1-15-6-2-7(10(14)4-11)8(5-12)9(13)3-6/h2-3H,4,13H2,1H3. The molecule has 0 heterocycles. The summed E-state index contributed by atoms with van der Waals surface area (Å²) in [6.45, 7) is 0. The minimum atomic E-state index is -0.197. The Morgan fingerprint density at radius 3 is 2.80 bits per heavy atom. The number of carbonyl (C=O) groups excluding carboxylic acids is 1. The molecular formula is C10H9BrN2O2. The van der Waals surface area contributed by atoms with Crippen LogP contribution in [0.25, 0.3) is 0 Å². The van der Waals surface area contributed by atoms with Crippen LogP contribution in [-0.2, 0) is 0 Å². The Kier molecular flexibility index (Phi) is 3.69. The minimum absolute atomic E-state index is 0.147. The molecule has 0 bridgehead atoms. The van der Waals surface area contributed by atoms with Gasteiger partial charge in [-0.15, -0.1) is 0 Å². The molecule has 0 saturated carbocycles. The topological polar surface area (TPSA) is 76.1 Å². The van der Waals surface area contributed by atoms with Crippen molar-refractivity contribution in [3.63, 3.8) is 0 Å². The molecule has 0 radical (unpaired) electrons. The lowest BCUT2D eigenvalue weighted by molar-refractivity contribution is 0.102. The number of nitrogen functional groups attached to an aromatic ring is 1. The van der Waals surface area contributed by atoms with Crippen molar-refractivity contribution in [3.8, 4) is 11.8 Å². The number of Topliss-reactive ketones (excluding diaryl/α,β-unsaturated/α-hetero) is 1. The zero-order valence-electron chi connectivity index (χ0n) is 8.08. The van der Waals surface area contributed by atoms with Gasteiger partial charge >= 0.3 is 0 Å². The molecule has 15 heavy (non-hydrogen) atoms. The predicted molar refractivity (Wildman–Crippen MR) is 60.2 cm³/mol. The van der Waals surface area contributed by atoms with Crippen molar-refractivity contribution >= 4 is 27.4 Å². The van der Waals surface area contributed by atoms with Crippen molar-refractivity contribution in [1.29, 1.82) is 5.26 Å². The summed E-state index contributed by atoms with van der Waals surface area (Å²) >= 11 is 3.05. The molecule has 0 aromatic heterocycles. The Bertz CT molecular complexity index is 438.